The molecule has 0 saturated heterocycles. The zero-order valence-electron chi connectivity index (χ0n) is 9.61. The normalized spacial score (nSPS) is 9.83. The second kappa shape index (κ2) is 5.85. The van der Waals surface area contributed by atoms with E-state index in [1.54, 1.807) is 0 Å². The molecule has 18 heavy (non-hydrogen) atoms. The summed E-state index contributed by atoms with van der Waals surface area (Å²) in [6.45, 7) is 2.59. The van der Waals surface area contributed by atoms with Crippen molar-refractivity contribution >= 4 is 38.2 Å². The van der Waals surface area contributed by atoms with E-state index in [2.05, 4.69) is 31.7 Å². The minimum absolute atomic E-state index is 0.522. The van der Waals surface area contributed by atoms with E-state index in [4.69, 9.17) is 10.00 Å². The number of aromatic nitrogens is 1. The van der Waals surface area contributed by atoms with E-state index in [1.165, 1.54) is 11.5 Å². The van der Waals surface area contributed by atoms with Crippen LogP contribution < -0.4 is 10.1 Å². The summed E-state index contributed by atoms with van der Waals surface area (Å²) in [4.78, 5) is 0. The Balaban J connectivity index is 2.16. The fraction of sp³-hybridized carbons (Fsp3) is 0.167. The van der Waals surface area contributed by atoms with Gasteiger partial charge in [0.05, 0.1) is 6.61 Å². The van der Waals surface area contributed by atoms with Gasteiger partial charge in [-0.25, -0.2) is 0 Å². The molecule has 2 aromatic rings. The Labute approximate surface area is 118 Å². The number of halogens is 1. The van der Waals surface area contributed by atoms with Crippen molar-refractivity contribution in [3.63, 3.8) is 0 Å². The summed E-state index contributed by atoms with van der Waals surface area (Å²) in [6, 6.07) is 9.68. The predicted octanol–water partition coefficient (Wildman–Crippen LogP) is 3.92. The quantitative estimate of drug-likeness (QED) is 0.926. The van der Waals surface area contributed by atoms with Crippen LogP contribution in [0.15, 0.2) is 28.9 Å². The minimum atomic E-state index is 0.522. The molecule has 6 heteroatoms. The van der Waals surface area contributed by atoms with E-state index in [0.717, 1.165) is 16.4 Å². The van der Waals surface area contributed by atoms with Crippen molar-refractivity contribution in [2.24, 2.45) is 0 Å². The van der Waals surface area contributed by atoms with Crippen LogP contribution in [0.2, 0.25) is 0 Å². The minimum Gasteiger partial charge on any atom is -0.494 e. The first-order chi connectivity index (χ1) is 8.74. The molecular formula is C12H10BrN3OS. The number of benzene rings is 1. The SMILES string of the molecule is CCOc1ccc(Nc2snc(Br)c2C#N)cc1. The maximum absolute atomic E-state index is 9.01. The van der Waals surface area contributed by atoms with Crippen molar-refractivity contribution in [1.82, 2.24) is 4.37 Å². The van der Waals surface area contributed by atoms with Crippen LogP contribution in [-0.2, 0) is 0 Å². The lowest BCUT2D eigenvalue weighted by Gasteiger charge is -2.06. The first-order valence-corrected chi connectivity index (χ1v) is 6.86. The van der Waals surface area contributed by atoms with Gasteiger partial charge in [0.2, 0.25) is 0 Å². The van der Waals surface area contributed by atoms with Crippen molar-refractivity contribution in [3.8, 4) is 11.8 Å². The predicted molar refractivity (Wildman–Crippen MR) is 75.4 cm³/mol. The molecule has 1 heterocycles. The standard InChI is InChI=1S/C12H10BrN3OS/c1-2-17-9-5-3-8(4-6-9)15-12-10(7-14)11(13)16-18-12/h3-6,15H,2H2,1H3. The van der Waals surface area contributed by atoms with Gasteiger partial charge in [-0.2, -0.15) is 9.64 Å². The molecule has 0 amide bonds. The number of anilines is 2. The van der Waals surface area contributed by atoms with Crippen LogP contribution in [0.4, 0.5) is 10.7 Å². The third-order valence-electron chi connectivity index (χ3n) is 2.19. The highest BCUT2D eigenvalue weighted by Crippen LogP contribution is 2.31. The molecule has 0 atom stereocenters. The molecule has 0 unspecified atom stereocenters. The van der Waals surface area contributed by atoms with Gasteiger partial charge in [0, 0.05) is 5.69 Å². The Morgan fingerprint density at radius 2 is 2.17 bits per heavy atom. The fourth-order valence-electron chi connectivity index (χ4n) is 1.39. The van der Waals surface area contributed by atoms with Crippen LogP contribution in [0.5, 0.6) is 5.75 Å². The van der Waals surface area contributed by atoms with Crippen molar-refractivity contribution in [2.45, 2.75) is 6.92 Å². The maximum atomic E-state index is 9.01. The highest BCUT2D eigenvalue weighted by atomic mass is 79.9. The molecule has 0 spiro atoms. The Kier molecular flexibility index (Phi) is 4.18. The molecule has 0 radical (unpaired) electrons. The summed E-state index contributed by atoms with van der Waals surface area (Å²) in [5.41, 5.74) is 1.42. The van der Waals surface area contributed by atoms with Crippen LogP contribution in [0.25, 0.3) is 0 Å². The Bertz CT molecular complexity index is 574. The maximum Gasteiger partial charge on any atom is 0.139 e. The van der Waals surface area contributed by atoms with Crippen LogP contribution >= 0.6 is 27.5 Å². The molecule has 0 saturated carbocycles. The van der Waals surface area contributed by atoms with Gasteiger partial charge in [0.1, 0.15) is 27.0 Å². The summed E-state index contributed by atoms with van der Waals surface area (Å²) < 4.78 is 10.0. The molecule has 4 nitrogen and oxygen atoms in total. The zero-order chi connectivity index (χ0) is 13.0. The highest BCUT2D eigenvalue weighted by Gasteiger charge is 2.11. The average Bonchev–Trinajstić information content (AvgIpc) is 2.72. The smallest absolute Gasteiger partial charge is 0.139 e. The number of nitrogens with one attached hydrogen (secondary N) is 1. The van der Waals surface area contributed by atoms with E-state index in [-0.39, 0.29) is 0 Å². The Hall–Kier alpha value is -1.58. The van der Waals surface area contributed by atoms with Gasteiger partial charge in [-0.1, -0.05) is 0 Å². The largest absolute Gasteiger partial charge is 0.494 e. The molecule has 0 fully saturated rings. The summed E-state index contributed by atoms with van der Waals surface area (Å²) in [5.74, 6) is 0.828. The molecule has 0 aliphatic heterocycles. The van der Waals surface area contributed by atoms with Gasteiger partial charge in [-0.3, -0.25) is 0 Å². The first kappa shape index (κ1) is 12.9. The van der Waals surface area contributed by atoms with Gasteiger partial charge in [0.25, 0.3) is 0 Å². The number of nitrogens with zero attached hydrogens (tertiary/aromatic N) is 2. The van der Waals surface area contributed by atoms with Crippen LogP contribution in [0.1, 0.15) is 12.5 Å². The monoisotopic (exact) mass is 323 g/mol. The number of nitriles is 1. The van der Waals surface area contributed by atoms with E-state index >= 15 is 0 Å². The van der Waals surface area contributed by atoms with Crippen molar-refractivity contribution < 1.29 is 4.74 Å². The van der Waals surface area contributed by atoms with Crippen molar-refractivity contribution in [1.29, 1.82) is 5.26 Å². The second-order valence-electron chi connectivity index (χ2n) is 3.37. The van der Waals surface area contributed by atoms with E-state index < -0.39 is 0 Å². The molecule has 92 valence electrons. The molecule has 0 bridgehead atoms. The van der Waals surface area contributed by atoms with Crippen LogP contribution in [-0.4, -0.2) is 11.0 Å². The molecule has 0 aliphatic carbocycles. The summed E-state index contributed by atoms with van der Waals surface area (Å²) in [5, 5.41) is 12.9. The Morgan fingerprint density at radius 1 is 1.44 bits per heavy atom. The van der Waals surface area contributed by atoms with Gasteiger partial charge in [0.15, 0.2) is 0 Å². The number of hydrogen-bond acceptors (Lipinski definition) is 5. The lowest BCUT2D eigenvalue weighted by atomic mass is 10.3. The highest BCUT2D eigenvalue weighted by molar-refractivity contribution is 9.10. The van der Waals surface area contributed by atoms with Gasteiger partial charge in [-0.05, 0) is 58.7 Å². The number of ether oxygens (including phenoxy) is 1. The zero-order valence-corrected chi connectivity index (χ0v) is 12.0. The molecule has 1 N–H and O–H groups in total. The average molecular weight is 324 g/mol. The van der Waals surface area contributed by atoms with Crippen molar-refractivity contribution in [2.75, 3.05) is 11.9 Å². The number of hydrogen-bond donors (Lipinski definition) is 1. The van der Waals surface area contributed by atoms with E-state index in [9.17, 15) is 0 Å². The molecule has 2 rings (SSSR count). The van der Waals surface area contributed by atoms with Crippen molar-refractivity contribution in [3.05, 3.63) is 34.4 Å². The first-order valence-electron chi connectivity index (χ1n) is 5.29. The fourth-order valence-corrected chi connectivity index (χ4v) is 2.68. The van der Waals surface area contributed by atoms with Crippen LogP contribution in [0.3, 0.4) is 0 Å². The second-order valence-corrected chi connectivity index (χ2v) is 4.90. The van der Waals surface area contributed by atoms with Gasteiger partial charge < -0.3 is 10.1 Å². The molecule has 0 aliphatic rings. The Morgan fingerprint density at radius 3 is 2.78 bits per heavy atom. The topological polar surface area (TPSA) is 57.9 Å². The van der Waals surface area contributed by atoms with Gasteiger partial charge >= 0.3 is 0 Å². The lowest BCUT2D eigenvalue weighted by molar-refractivity contribution is 0.340. The van der Waals surface area contributed by atoms with E-state index in [0.29, 0.717) is 16.8 Å². The molecular weight excluding hydrogens is 314 g/mol. The number of rotatable bonds is 4. The summed E-state index contributed by atoms with van der Waals surface area (Å²) in [7, 11) is 0. The third kappa shape index (κ3) is 2.81. The molecule has 1 aromatic carbocycles. The lowest BCUT2D eigenvalue weighted by Crippen LogP contribution is -1.93. The van der Waals surface area contributed by atoms with E-state index in [1.807, 2.05) is 31.2 Å². The summed E-state index contributed by atoms with van der Waals surface area (Å²) in [6.07, 6.45) is 0. The van der Waals surface area contributed by atoms with Gasteiger partial charge in [-0.15, -0.1) is 0 Å². The van der Waals surface area contributed by atoms with Crippen LogP contribution in [0, 0.1) is 11.3 Å². The summed E-state index contributed by atoms with van der Waals surface area (Å²) >= 11 is 4.49. The molecule has 1 aromatic heterocycles. The third-order valence-corrected chi connectivity index (χ3v) is 3.76.